The van der Waals surface area contributed by atoms with Crippen LogP contribution < -0.4 is 19.7 Å². The van der Waals surface area contributed by atoms with Crippen molar-refractivity contribution in [2.75, 3.05) is 19.2 Å². The lowest BCUT2D eigenvalue weighted by Crippen LogP contribution is -3.12. The number of nitriles is 1. The van der Waals surface area contributed by atoms with Crippen LogP contribution in [0.5, 0.6) is 11.5 Å². The molecular formula is C22H26N3O3S+. The van der Waals surface area contributed by atoms with Crippen LogP contribution in [-0.2, 0) is 24.2 Å². The first-order valence-electron chi connectivity index (χ1n) is 10.1. The van der Waals surface area contributed by atoms with Crippen LogP contribution in [-0.4, -0.2) is 25.8 Å². The molecule has 0 spiro atoms. The highest BCUT2D eigenvalue weighted by Gasteiger charge is 2.26. The van der Waals surface area contributed by atoms with Gasteiger partial charge in [0, 0.05) is 10.4 Å². The molecule has 152 valence electrons. The average molecular weight is 413 g/mol. The number of rotatable bonds is 5. The largest absolute Gasteiger partial charge is 0.454 e. The van der Waals surface area contributed by atoms with E-state index in [1.807, 2.05) is 32.2 Å². The minimum atomic E-state index is -0.256. The van der Waals surface area contributed by atoms with Crippen molar-refractivity contribution < 1.29 is 19.2 Å². The maximum Gasteiger partial charge on any atom is 0.283 e. The van der Waals surface area contributed by atoms with Crippen LogP contribution in [0.2, 0.25) is 0 Å². The first-order valence-corrected chi connectivity index (χ1v) is 10.9. The summed E-state index contributed by atoms with van der Waals surface area (Å²) in [7, 11) is 2.00. The van der Waals surface area contributed by atoms with Gasteiger partial charge < -0.3 is 19.7 Å². The summed E-state index contributed by atoms with van der Waals surface area (Å²) in [6.07, 6.45) is 5.43. The van der Waals surface area contributed by atoms with Gasteiger partial charge in [-0.2, -0.15) is 5.26 Å². The second-order valence-corrected chi connectivity index (χ2v) is 8.91. The van der Waals surface area contributed by atoms with Crippen LogP contribution in [0, 0.1) is 11.3 Å². The molecule has 2 aliphatic rings. The Morgan fingerprint density at radius 3 is 2.90 bits per heavy atom. The molecule has 7 heteroatoms. The normalized spacial score (nSPS) is 17.0. The molecule has 0 radical (unpaired) electrons. The van der Waals surface area contributed by atoms with E-state index in [1.165, 1.54) is 11.3 Å². The van der Waals surface area contributed by atoms with Gasteiger partial charge in [0.2, 0.25) is 6.79 Å². The Labute approximate surface area is 175 Å². The maximum atomic E-state index is 12.9. The standard InChI is InChI=1S/C22H25N3O3S/c1-14(25(2)12-15-8-9-18-19(10-15)28-13-27-18)21(26)24-22-17(11-23)16-6-4-3-5-7-20(16)29-22/h8-10,14H,3-7,12-13H2,1-2H3,(H,24,26)/p+1/t14-/m1/s1. The number of amides is 1. The third kappa shape index (κ3) is 4.09. The highest BCUT2D eigenvalue weighted by Crippen LogP contribution is 2.37. The summed E-state index contributed by atoms with van der Waals surface area (Å²) in [5, 5.41) is 13.4. The molecular weight excluding hydrogens is 386 g/mol. The number of benzene rings is 1. The molecule has 6 nitrogen and oxygen atoms in total. The number of hydrogen-bond donors (Lipinski definition) is 2. The van der Waals surface area contributed by atoms with Crippen molar-refractivity contribution in [1.29, 1.82) is 5.26 Å². The fraction of sp³-hybridized carbons (Fsp3) is 0.455. The number of thiophene rings is 1. The minimum Gasteiger partial charge on any atom is -0.454 e. The van der Waals surface area contributed by atoms with Crippen LogP contribution >= 0.6 is 11.3 Å². The van der Waals surface area contributed by atoms with Gasteiger partial charge in [-0.05, 0) is 56.4 Å². The predicted octanol–water partition coefficient (Wildman–Crippen LogP) is 2.66. The van der Waals surface area contributed by atoms with E-state index in [4.69, 9.17) is 9.47 Å². The van der Waals surface area contributed by atoms with Crippen molar-refractivity contribution in [1.82, 2.24) is 0 Å². The lowest BCUT2D eigenvalue weighted by molar-refractivity contribution is -0.907. The van der Waals surface area contributed by atoms with Gasteiger partial charge in [0.05, 0.1) is 12.6 Å². The number of anilines is 1. The molecule has 2 heterocycles. The summed E-state index contributed by atoms with van der Waals surface area (Å²) in [6, 6.07) is 7.96. The summed E-state index contributed by atoms with van der Waals surface area (Å²) in [6.45, 7) is 2.87. The van der Waals surface area contributed by atoms with E-state index in [9.17, 15) is 10.1 Å². The number of nitrogens with zero attached hydrogens (tertiary/aromatic N) is 1. The first-order chi connectivity index (χ1) is 14.1. The number of aryl methyl sites for hydroxylation is 1. The molecule has 0 bridgehead atoms. The lowest BCUT2D eigenvalue weighted by Gasteiger charge is -2.21. The van der Waals surface area contributed by atoms with Crippen LogP contribution in [0.3, 0.4) is 0 Å². The predicted molar refractivity (Wildman–Crippen MR) is 112 cm³/mol. The van der Waals surface area contributed by atoms with E-state index in [0.717, 1.165) is 53.2 Å². The number of fused-ring (bicyclic) bond motifs is 2. The number of ether oxygens (including phenoxy) is 2. The molecule has 1 aromatic carbocycles. The van der Waals surface area contributed by atoms with Gasteiger partial charge in [-0.15, -0.1) is 11.3 Å². The molecule has 1 aliphatic carbocycles. The molecule has 1 aromatic heterocycles. The quantitative estimate of drug-likeness (QED) is 0.741. The minimum absolute atomic E-state index is 0.0591. The van der Waals surface area contributed by atoms with E-state index in [0.29, 0.717) is 17.1 Å². The van der Waals surface area contributed by atoms with E-state index in [1.54, 1.807) is 11.3 Å². The molecule has 2 atom stereocenters. The Balaban J connectivity index is 1.43. The molecule has 29 heavy (non-hydrogen) atoms. The van der Waals surface area contributed by atoms with Crippen molar-refractivity contribution in [2.45, 2.75) is 51.6 Å². The molecule has 1 aliphatic heterocycles. The molecule has 1 amide bonds. The topological polar surface area (TPSA) is 75.8 Å². The van der Waals surface area contributed by atoms with Crippen LogP contribution in [0.1, 0.15) is 47.8 Å². The second-order valence-electron chi connectivity index (χ2n) is 7.80. The van der Waals surface area contributed by atoms with Gasteiger partial charge in [0.1, 0.15) is 17.6 Å². The number of hydrogen-bond acceptors (Lipinski definition) is 5. The monoisotopic (exact) mass is 412 g/mol. The summed E-state index contributed by atoms with van der Waals surface area (Å²) in [4.78, 5) is 15.2. The fourth-order valence-corrected chi connectivity index (χ4v) is 5.16. The van der Waals surface area contributed by atoms with Crippen LogP contribution in [0.15, 0.2) is 18.2 Å². The SMILES string of the molecule is C[C@H](C(=O)Nc1sc2c(c1C#N)CCCCC2)[NH+](C)Cc1ccc2c(c1)OCO2. The molecule has 0 fully saturated rings. The number of carbonyl (C=O) groups is 1. The third-order valence-electron chi connectivity index (χ3n) is 5.82. The van der Waals surface area contributed by atoms with E-state index < -0.39 is 0 Å². The lowest BCUT2D eigenvalue weighted by atomic mass is 10.1. The highest BCUT2D eigenvalue weighted by atomic mass is 32.1. The average Bonchev–Trinajstić information content (AvgIpc) is 3.23. The van der Waals surface area contributed by atoms with E-state index in [-0.39, 0.29) is 18.7 Å². The van der Waals surface area contributed by atoms with E-state index in [2.05, 4.69) is 11.4 Å². The molecule has 1 unspecified atom stereocenters. The Morgan fingerprint density at radius 2 is 2.07 bits per heavy atom. The van der Waals surface area contributed by atoms with Crippen molar-refractivity contribution in [3.63, 3.8) is 0 Å². The van der Waals surface area contributed by atoms with Gasteiger partial charge in [-0.1, -0.05) is 6.42 Å². The van der Waals surface area contributed by atoms with Gasteiger partial charge in [-0.3, -0.25) is 4.79 Å². The zero-order valence-electron chi connectivity index (χ0n) is 16.8. The van der Waals surface area contributed by atoms with Gasteiger partial charge in [0.25, 0.3) is 5.91 Å². The maximum absolute atomic E-state index is 12.9. The summed E-state index contributed by atoms with van der Waals surface area (Å²) >= 11 is 1.58. The molecule has 2 aromatic rings. The molecule has 0 saturated heterocycles. The van der Waals surface area contributed by atoms with Crippen LogP contribution in [0.4, 0.5) is 5.00 Å². The summed E-state index contributed by atoms with van der Waals surface area (Å²) in [5.41, 5.74) is 2.91. The van der Waals surface area contributed by atoms with Crippen molar-refractivity contribution in [2.24, 2.45) is 0 Å². The van der Waals surface area contributed by atoms with Crippen molar-refractivity contribution >= 4 is 22.2 Å². The molecule has 2 N–H and O–H groups in total. The zero-order chi connectivity index (χ0) is 20.4. The molecule has 4 rings (SSSR count). The number of nitrogens with one attached hydrogen (secondary N) is 2. The number of carbonyl (C=O) groups excluding carboxylic acids is 1. The fourth-order valence-electron chi connectivity index (χ4n) is 3.92. The second kappa shape index (κ2) is 8.44. The highest BCUT2D eigenvalue weighted by molar-refractivity contribution is 7.16. The van der Waals surface area contributed by atoms with Gasteiger partial charge >= 0.3 is 0 Å². The third-order valence-corrected chi connectivity index (χ3v) is 7.03. The summed E-state index contributed by atoms with van der Waals surface area (Å²) in [5.74, 6) is 1.46. The Kier molecular flexibility index (Phi) is 5.74. The summed E-state index contributed by atoms with van der Waals surface area (Å²) < 4.78 is 10.8. The number of likely N-dealkylation sites (N-methyl/N-ethyl adjacent to an activating group) is 1. The molecule has 0 saturated carbocycles. The number of quaternary nitrogens is 1. The van der Waals surface area contributed by atoms with Gasteiger partial charge in [-0.25, -0.2) is 0 Å². The smallest absolute Gasteiger partial charge is 0.283 e. The van der Waals surface area contributed by atoms with E-state index >= 15 is 0 Å². The zero-order valence-corrected chi connectivity index (χ0v) is 17.7. The van der Waals surface area contributed by atoms with Crippen molar-refractivity contribution in [3.8, 4) is 17.6 Å². The van der Waals surface area contributed by atoms with Crippen LogP contribution in [0.25, 0.3) is 0 Å². The van der Waals surface area contributed by atoms with Crippen molar-refractivity contribution in [3.05, 3.63) is 39.8 Å². The first kappa shape index (κ1) is 19.7. The Hall–Kier alpha value is -2.56. The van der Waals surface area contributed by atoms with Gasteiger partial charge in [0.15, 0.2) is 17.5 Å². The Morgan fingerprint density at radius 1 is 1.28 bits per heavy atom. The Bertz CT molecular complexity index is 963.